The van der Waals surface area contributed by atoms with Gasteiger partial charge in [-0.3, -0.25) is 4.18 Å². The predicted octanol–water partition coefficient (Wildman–Crippen LogP) is -0.190. The zero-order valence-corrected chi connectivity index (χ0v) is 17.4. The van der Waals surface area contributed by atoms with Crippen molar-refractivity contribution in [3.63, 3.8) is 0 Å². The summed E-state index contributed by atoms with van der Waals surface area (Å²) >= 11 is 0. The van der Waals surface area contributed by atoms with E-state index >= 15 is 0 Å². The van der Waals surface area contributed by atoms with E-state index in [0.29, 0.717) is 12.8 Å². The van der Waals surface area contributed by atoms with E-state index in [2.05, 4.69) is 0 Å². The first-order valence-corrected chi connectivity index (χ1v) is 11.1. The van der Waals surface area contributed by atoms with E-state index in [0.717, 1.165) is 5.56 Å². The Balaban J connectivity index is 0.00000392. The van der Waals surface area contributed by atoms with Crippen molar-refractivity contribution in [3.05, 3.63) is 29.8 Å². The number of hydrogen-bond donors (Lipinski definition) is 2. The van der Waals surface area contributed by atoms with Crippen LogP contribution in [-0.4, -0.2) is 62.0 Å². The van der Waals surface area contributed by atoms with Gasteiger partial charge in [0.05, 0.1) is 11.0 Å². The summed E-state index contributed by atoms with van der Waals surface area (Å²) in [6, 6.07) is 5.94. The average molecular weight is 439 g/mol. The molecular weight excluding hydrogens is 412 g/mol. The molecule has 1 aliphatic heterocycles. The molecule has 160 valence electrons. The summed E-state index contributed by atoms with van der Waals surface area (Å²) in [5.41, 5.74) is 0.859. The highest BCUT2D eigenvalue weighted by molar-refractivity contribution is 7.86. The number of hydrogen-bond acceptors (Lipinski definition) is 8. The molecule has 1 aliphatic rings. The Hall–Kier alpha value is -1.34. The topological polar surface area (TPSA) is 159 Å². The summed E-state index contributed by atoms with van der Waals surface area (Å²) in [6.45, 7) is 5.46. The van der Waals surface area contributed by atoms with Crippen molar-refractivity contribution in [2.75, 3.05) is 0 Å². The highest BCUT2D eigenvalue weighted by atomic mass is 32.2. The predicted molar refractivity (Wildman–Crippen MR) is 102 cm³/mol. The molecular formula is C17H26O9S2. The first-order chi connectivity index (χ1) is 12.6. The Morgan fingerprint density at radius 3 is 2.14 bits per heavy atom. The number of ether oxygens (including phenoxy) is 1. The molecule has 1 aromatic rings. The standard InChI is InChI=1S/C17H24O8S2.H2O/c1-4-11(5-2)15-16(13(18)14(19)17(24-15)26(20)21)25-27(22,23)12-8-6-10(3)7-9-12;/h6-9,11,13-16,18-19H,4-5H2,1-3H3;1H2/t13-,14+,15-,16+;/m1./s1. The van der Waals surface area contributed by atoms with Crippen molar-refractivity contribution in [2.45, 2.75) is 62.9 Å². The van der Waals surface area contributed by atoms with Gasteiger partial charge in [-0.2, -0.15) is 16.8 Å². The summed E-state index contributed by atoms with van der Waals surface area (Å²) in [5.74, 6) is -0.288. The van der Waals surface area contributed by atoms with Crippen LogP contribution in [0.5, 0.6) is 0 Å². The molecule has 0 bridgehead atoms. The molecule has 1 aromatic carbocycles. The minimum Gasteiger partial charge on any atom is -0.412 e. The zero-order chi connectivity index (χ0) is 20.4. The molecule has 0 saturated carbocycles. The van der Waals surface area contributed by atoms with Crippen molar-refractivity contribution in [1.82, 2.24) is 0 Å². The summed E-state index contributed by atoms with van der Waals surface area (Å²) in [5, 5.41) is 19.7. The van der Waals surface area contributed by atoms with Crippen LogP contribution in [0.3, 0.4) is 0 Å². The lowest BCUT2D eigenvalue weighted by molar-refractivity contribution is -0.119. The van der Waals surface area contributed by atoms with Gasteiger partial charge in [0.2, 0.25) is 15.3 Å². The van der Waals surface area contributed by atoms with Gasteiger partial charge in [0, 0.05) is 0 Å². The molecule has 0 amide bonds. The van der Waals surface area contributed by atoms with Crippen LogP contribution in [0.1, 0.15) is 32.3 Å². The molecule has 4 atom stereocenters. The smallest absolute Gasteiger partial charge is 0.297 e. The van der Waals surface area contributed by atoms with Gasteiger partial charge in [0.1, 0.15) is 18.3 Å². The van der Waals surface area contributed by atoms with E-state index in [9.17, 15) is 27.0 Å². The number of rotatable bonds is 6. The Morgan fingerprint density at radius 1 is 1.14 bits per heavy atom. The SMILES string of the molecule is CCC(CC)[C@H]1OC(=S(=O)=O)[C@@H](O)[C@@H](O)[C@@H]1OS(=O)(=O)c1ccc(C)cc1.O. The maximum Gasteiger partial charge on any atom is 0.297 e. The minimum absolute atomic E-state index is 0. The fourth-order valence-corrected chi connectivity index (χ4v) is 4.68. The molecule has 0 unspecified atom stereocenters. The summed E-state index contributed by atoms with van der Waals surface area (Å²) < 4.78 is 58.5. The molecule has 1 saturated heterocycles. The third kappa shape index (κ3) is 5.17. The van der Waals surface area contributed by atoms with Crippen molar-refractivity contribution in [3.8, 4) is 0 Å². The second kappa shape index (κ2) is 9.92. The number of aliphatic hydroxyl groups excluding tert-OH is 2. The quantitative estimate of drug-likeness (QED) is 0.457. The normalized spacial score (nSPS) is 25.4. The Labute approximate surface area is 165 Å². The van der Waals surface area contributed by atoms with Crippen LogP contribution in [0, 0.1) is 12.8 Å². The van der Waals surface area contributed by atoms with Crippen LogP contribution in [0.25, 0.3) is 0 Å². The van der Waals surface area contributed by atoms with Gasteiger partial charge in [0.25, 0.3) is 10.1 Å². The zero-order valence-electron chi connectivity index (χ0n) is 15.8. The second-order valence-corrected chi connectivity index (χ2v) is 8.92. The average Bonchev–Trinajstić information content (AvgIpc) is 2.61. The lowest BCUT2D eigenvalue weighted by Crippen LogP contribution is -2.59. The Morgan fingerprint density at radius 2 is 1.68 bits per heavy atom. The van der Waals surface area contributed by atoms with E-state index < -0.39 is 49.9 Å². The lowest BCUT2D eigenvalue weighted by atomic mass is 9.87. The number of benzene rings is 1. The summed E-state index contributed by atoms with van der Waals surface area (Å²) in [7, 11) is -7.16. The van der Waals surface area contributed by atoms with Crippen molar-refractivity contribution in [1.29, 1.82) is 0 Å². The van der Waals surface area contributed by atoms with Crippen molar-refractivity contribution >= 4 is 25.5 Å². The number of aliphatic hydroxyl groups is 2. The van der Waals surface area contributed by atoms with Gasteiger partial charge in [-0.25, -0.2) is 0 Å². The Kier molecular flexibility index (Phi) is 8.75. The first kappa shape index (κ1) is 24.7. The van der Waals surface area contributed by atoms with Crippen LogP contribution >= 0.6 is 0 Å². The van der Waals surface area contributed by atoms with Gasteiger partial charge in [0.15, 0.2) is 0 Å². The van der Waals surface area contributed by atoms with Crippen molar-refractivity contribution < 1.29 is 41.4 Å². The summed E-state index contributed by atoms with van der Waals surface area (Å²) in [6.07, 6.45) is -5.12. The van der Waals surface area contributed by atoms with E-state index in [4.69, 9.17) is 8.92 Å². The number of aryl methyl sites for hydroxylation is 1. The van der Waals surface area contributed by atoms with E-state index in [1.54, 1.807) is 19.1 Å². The highest BCUT2D eigenvalue weighted by Gasteiger charge is 2.48. The maximum absolute atomic E-state index is 12.6. The monoisotopic (exact) mass is 438 g/mol. The van der Waals surface area contributed by atoms with Gasteiger partial charge in [-0.05, 0) is 25.0 Å². The molecule has 1 fully saturated rings. The highest BCUT2D eigenvalue weighted by Crippen LogP contribution is 2.31. The lowest BCUT2D eigenvalue weighted by Gasteiger charge is -2.40. The second-order valence-electron chi connectivity index (χ2n) is 6.48. The van der Waals surface area contributed by atoms with Crippen LogP contribution in [0.4, 0.5) is 0 Å². The summed E-state index contributed by atoms with van der Waals surface area (Å²) in [4.78, 5) is -0.111. The molecule has 0 spiro atoms. The molecule has 0 aliphatic carbocycles. The minimum atomic E-state index is -4.27. The van der Waals surface area contributed by atoms with E-state index in [1.165, 1.54) is 12.1 Å². The van der Waals surface area contributed by atoms with Crippen LogP contribution < -0.4 is 0 Å². The van der Waals surface area contributed by atoms with E-state index in [1.807, 2.05) is 13.8 Å². The van der Waals surface area contributed by atoms with E-state index in [-0.39, 0.29) is 16.3 Å². The molecule has 9 nitrogen and oxygen atoms in total. The third-order valence-electron chi connectivity index (χ3n) is 4.70. The molecule has 28 heavy (non-hydrogen) atoms. The Bertz CT molecular complexity index is 879. The van der Waals surface area contributed by atoms with Gasteiger partial charge < -0.3 is 20.4 Å². The fraction of sp³-hybridized carbons (Fsp3) is 0.588. The third-order valence-corrected chi connectivity index (χ3v) is 6.69. The molecule has 4 N–H and O–H groups in total. The largest absolute Gasteiger partial charge is 0.412 e. The molecule has 0 aromatic heterocycles. The maximum atomic E-state index is 12.6. The van der Waals surface area contributed by atoms with Crippen molar-refractivity contribution in [2.24, 2.45) is 5.92 Å². The molecule has 1 heterocycles. The van der Waals surface area contributed by atoms with Gasteiger partial charge in [-0.1, -0.05) is 44.4 Å². The van der Waals surface area contributed by atoms with Gasteiger partial charge in [-0.15, -0.1) is 0 Å². The van der Waals surface area contributed by atoms with Crippen LogP contribution in [0.15, 0.2) is 29.2 Å². The van der Waals surface area contributed by atoms with Crippen LogP contribution in [0.2, 0.25) is 0 Å². The molecule has 2 rings (SSSR count). The molecule has 11 heteroatoms. The first-order valence-electron chi connectivity index (χ1n) is 8.61. The molecule has 0 radical (unpaired) electrons. The van der Waals surface area contributed by atoms with Gasteiger partial charge >= 0.3 is 0 Å². The fourth-order valence-electron chi connectivity index (χ4n) is 3.06. The van der Waals surface area contributed by atoms with Crippen LogP contribution in [-0.2, 0) is 29.3 Å².